The smallest absolute Gasteiger partial charge is 0.337 e. The van der Waals surface area contributed by atoms with Crippen molar-refractivity contribution in [1.82, 2.24) is 4.90 Å². The zero-order chi connectivity index (χ0) is 25.2. The van der Waals surface area contributed by atoms with Gasteiger partial charge in [0.25, 0.3) is 11.7 Å². The minimum atomic E-state index is -0.870. The summed E-state index contributed by atoms with van der Waals surface area (Å²) in [6.45, 7) is 0.947. The summed E-state index contributed by atoms with van der Waals surface area (Å²) in [6, 6.07) is 19.7. The predicted octanol–water partition coefficient (Wildman–Crippen LogP) is 3.87. The molecule has 1 atom stereocenters. The third-order valence-electron chi connectivity index (χ3n) is 6.20. The molecule has 0 unspecified atom stereocenters. The summed E-state index contributed by atoms with van der Waals surface area (Å²) in [5.41, 5.74) is 2.01. The van der Waals surface area contributed by atoms with Crippen LogP contribution in [0.1, 0.15) is 33.1 Å². The summed E-state index contributed by atoms with van der Waals surface area (Å²) in [5.74, 6) is -1.35. The Labute approximate surface area is 207 Å². The SMILES string of the molecule is COC(=O)c1ccc([C@H]2/C(=C(\O)c3ccc4c(c3)OCCO4)C(=O)C(=O)N2Cc2ccccc2)cc1. The zero-order valence-corrected chi connectivity index (χ0v) is 19.5. The van der Waals surface area contributed by atoms with Gasteiger partial charge >= 0.3 is 5.97 Å². The quantitative estimate of drug-likeness (QED) is 0.253. The van der Waals surface area contributed by atoms with Crippen LogP contribution in [0.5, 0.6) is 11.5 Å². The predicted molar refractivity (Wildman–Crippen MR) is 130 cm³/mol. The number of nitrogens with zero attached hydrogens (tertiary/aromatic N) is 1. The van der Waals surface area contributed by atoms with Gasteiger partial charge in [-0.05, 0) is 41.5 Å². The topological polar surface area (TPSA) is 102 Å². The number of aliphatic hydroxyl groups is 1. The van der Waals surface area contributed by atoms with E-state index >= 15 is 0 Å². The van der Waals surface area contributed by atoms with Crippen LogP contribution >= 0.6 is 0 Å². The first-order chi connectivity index (χ1) is 17.5. The van der Waals surface area contributed by atoms with Gasteiger partial charge in [0.05, 0.1) is 24.3 Å². The monoisotopic (exact) mass is 485 g/mol. The Bertz CT molecular complexity index is 1360. The number of ether oxygens (including phenoxy) is 3. The molecule has 3 aromatic rings. The van der Waals surface area contributed by atoms with Crippen molar-refractivity contribution < 1.29 is 33.7 Å². The lowest BCUT2D eigenvalue weighted by molar-refractivity contribution is -0.140. The van der Waals surface area contributed by atoms with E-state index in [0.717, 1.165) is 5.56 Å². The Morgan fingerprint density at radius 2 is 1.61 bits per heavy atom. The van der Waals surface area contributed by atoms with E-state index in [-0.39, 0.29) is 17.9 Å². The normalized spacial score (nSPS) is 18.2. The van der Waals surface area contributed by atoms with Crippen molar-refractivity contribution >= 4 is 23.4 Å². The number of amides is 1. The van der Waals surface area contributed by atoms with Crippen LogP contribution in [0.2, 0.25) is 0 Å². The van der Waals surface area contributed by atoms with Crippen LogP contribution in [-0.4, -0.2) is 48.0 Å². The van der Waals surface area contributed by atoms with Crippen molar-refractivity contribution in [3.05, 3.63) is 101 Å². The molecule has 36 heavy (non-hydrogen) atoms. The number of benzene rings is 3. The highest BCUT2D eigenvalue weighted by Gasteiger charge is 2.46. The number of rotatable bonds is 5. The number of Topliss-reactive ketones (excluding diaryl/α,β-unsaturated/α-hetero) is 1. The van der Waals surface area contributed by atoms with E-state index in [1.165, 1.54) is 12.0 Å². The summed E-state index contributed by atoms with van der Waals surface area (Å²) in [5, 5.41) is 11.3. The molecule has 2 heterocycles. The number of esters is 1. The number of carbonyl (C=O) groups is 3. The Morgan fingerprint density at radius 3 is 2.31 bits per heavy atom. The number of aliphatic hydroxyl groups excluding tert-OH is 1. The maximum Gasteiger partial charge on any atom is 0.337 e. The van der Waals surface area contributed by atoms with E-state index in [1.807, 2.05) is 30.3 Å². The van der Waals surface area contributed by atoms with Gasteiger partial charge in [0.2, 0.25) is 0 Å². The van der Waals surface area contributed by atoms with Crippen LogP contribution < -0.4 is 9.47 Å². The van der Waals surface area contributed by atoms with Crippen LogP contribution in [0.3, 0.4) is 0 Å². The fourth-order valence-corrected chi connectivity index (χ4v) is 4.44. The van der Waals surface area contributed by atoms with E-state index in [4.69, 9.17) is 14.2 Å². The molecule has 0 spiro atoms. The Hall–Kier alpha value is -4.59. The fraction of sp³-hybridized carbons (Fsp3) is 0.179. The molecule has 182 valence electrons. The van der Waals surface area contributed by atoms with E-state index in [9.17, 15) is 19.5 Å². The minimum absolute atomic E-state index is 0.0431. The summed E-state index contributed by atoms with van der Waals surface area (Å²) >= 11 is 0. The molecule has 0 aliphatic carbocycles. The first-order valence-corrected chi connectivity index (χ1v) is 11.4. The molecule has 0 radical (unpaired) electrons. The molecule has 0 bridgehead atoms. The van der Waals surface area contributed by atoms with Crippen LogP contribution in [0.15, 0.2) is 78.4 Å². The molecule has 1 amide bonds. The minimum Gasteiger partial charge on any atom is -0.507 e. The zero-order valence-electron chi connectivity index (χ0n) is 19.5. The van der Waals surface area contributed by atoms with Gasteiger partial charge in [-0.15, -0.1) is 0 Å². The fourth-order valence-electron chi connectivity index (χ4n) is 4.44. The Balaban J connectivity index is 1.62. The first-order valence-electron chi connectivity index (χ1n) is 11.4. The Kier molecular flexibility index (Phi) is 6.16. The molecular weight excluding hydrogens is 462 g/mol. The van der Waals surface area contributed by atoms with Crippen LogP contribution in [-0.2, 0) is 20.9 Å². The largest absolute Gasteiger partial charge is 0.507 e. The van der Waals surface area contributed by atoms with Gasteiger partial charge in [-0.2, -0.15) is 0 Å². The second kappa shape index (κ2) is 9.58. The molecule has 5 rings (SSSR count). The van der Waals surface area contributed by atoms with Crippen molar-refractivity contribution in [2.75, 3.05) is 20.3 Å². The molecule has 0 aromatic heterocycles. The highest BCUT2D eigenvalue weighted by atomic mass is 16.6. The summed E-state index contributed by atoms with van der Waals surface area (Å²) in [4.78, 5) is 39.8. The van der Waals surface area contributed by atoms with Gasteiger partial charge in [0.15, 0.2) is 11.5 Å². The molecule has 1 fully saturated rings. The van der Waals surface area contributed by atoms with Gasteiger partial charge in [-0.3, -0.25) is 9.59 Å². The number of ketones is 1. The van der Waals surface area contributed by atoms with Gasteiger partial charge in [0.1, 0.15) is 19.0 Å². The van der Waals surface area contributed by atoms with Crippen LogP contribution in [0.4, 0.5) is 0 Å². The lowest BCUT2D eigenvalue weighted by Crippen LogP contribution is -2.29. The maximum absolute atomic E-state index is 13.3. The van der Waals surface area contributed by atoms with Crippen molar-refractivity contribution in [1.29, 1.82) is 0 Å². The van der Waals surface area contributed by atoms with Gasteiger partial charge < -0.3 is 24.2 Å². The van der Waals surface area contributed by atoms with E-state index in [1.54, 1.807) is 42.5 Å². The van der Waals surface area contributed by atoms with Crippen molar-refractivity contribution in [3.63, 3.8) is 0 Å². The number of likely N-dealkylation sites (tertiary alicyclic amines) is 1. The van der Waals surface area contributed by atoms with Gasteiger partial charge in [0, 0.05) is 12.1 Å². The highest BCUT2D eigenvalue weighted by Crippen LogP contribution is 2.41. The third-order valence-corrected chi connectivity index (χ3v) is 6.20. The standard InChI is InChI=1S/C28H23NO7/c1-34-28(33)19-9-7-18(8-10-19)24-23(25(30)20-11-12-21-22(15-20)36-14-13-35-21)26(31)27(32)29(24)16-17-5-3-2-4-6-17/h2-12,15,24,30H,13-14,16H2,1H3/b25-23+/t24-/m0/s1. The summed E-state index contributed by atoms with van der Waals surface area (Å²) < 4.78 is 15.9. The Morgan fingerprint density at radius 1 is 0.944 bits per heavy atom. The molecule has 1 saturated heterocycles. The maximum atomic E-state index is 13.3. The van der Waals surface area contributed by atoms with Gasteiger partial charge in [-0.1, -0.05) is 42.5 Å². The third kappa shape index (κ3) is 4.17. The second-order valence-electron chi connectivity index (χ2n) is 8.38. The van der Waals surface area contributed by atoms with Crippen molar-refractivity contribution in [3.8, 4) is 11.5 Å². The number of hydrogen-bond donors (Lipinski definition) is 1. The molecular formula is C28H23NO7. The van der Waals surface area contributed by atoms with Crippen molar-refractivity contribution in [2.24, 2.45) is 0 Å². The number of methoxy groups -OCH3 is 1. The molecule has 0 saturated carbocycles. The van der Waals surface area contributed by atoms with E-state index in [0.29, 0.717) is 41.4 Å². The molecule has 3 aromatic carbocycles. The second-order valence-corrected chi connectivity index (χ2v) is 8.38. The lowest BCUT2D eigenvalue weighted by atomic mass is 9.94. The molecule has 1 N–H and O–H groups in total. The van der Waals surface area contributed by atoms with E-state index in [2.05, 4.69) is 0 Å². The first kappa shape index (κ1) is 23.2. The molecule has 2 aliphatic heterocycles. The highest BCUT2D eigenvalue weighted by molar-refractivity contribution is 6.46. The molecule has 2 aliphatic rings. The number of fused-ring (bicyclic) bond motifs is 1. The van der Waals surface area contributed by atoms with Crippen LogP contribution in [0.25, 0.3) is 5.76 Å². The van der Waals surface area contributed by atoms with E-state index < -0.39 is 23.7 Å². The van der Waals surface area contributed by atoms with Gasteiger partial charge in [-0.25, -0.2) is 4.79 Å². The van der Waals surface area contributed by atoms with Crippen LogP contribution in [0, 0.1) is 0 Å². The summed E-state index contributed by atoms with van der Waals surface area (Å²) in [6.07, 6.45) is 0. The number of carbonyl (C=O) groups excluding carboxylic acids is 3. The molecule has 8 heteroatoms. The lowest BCUT2D eigenvalue weighted by Gasteiger charge is -2.26. The average molecular weight is 485 g/mol. The average Bonchev–Trinajstić information content (AvgIpc) is 3.17. The van der Waals surface area contributed by atoms with Crippen molar-refractivity contribution in [2.45, 2.75) is 12.6 Å². The molecule has 8 nitrogen and oxygen atoms in total. The number of hydrogen-bond acceptors (Lipinski definition) is 7. The summed E-state index contributed by atoms with van der Waals surface area (Å²) in [7, 11) is 1.29.